The van der Waals surface area contributed by atoms with E-state index in [-0.39, 0.29) is 22.9 Å². The van der Waals surface area contributed by atoms with Crippen LogP contribution in [0.4, 0.5) is 5.69 Å². The Labute approximate surface area is 174 Å². The first-order valence-corrected chi connectivity index (χ1v) is 10.4. The number of nitro groups is 1. The van der Waals surface area contributed by atoms with Gasteiger partial charge in [-0.3, -0.25) is 24.6 Å². The maximum Gasteiger partial charge on any atom is 0.302 e. The van der Waals surface area contributed by atoms with E-state index in [2.05, 4.69) is 4.90 Å². The first-order valence-electron chi connectivity index (χ1n) is 10.0. The molecule has 3 atom stereocenters. The lowest BCUT2D eigenvalue weighted by Crippen LogP contribution is -2.56. The molecule has 1 heterocycles. The smallest absolute Gasteiger partial charge is 0.302 e. The summed E-state index contributed by atoms with van der Waals surface area (Å²) in [5.41, 5.74) is 5.02. The van der Waals surface area contributed by atoms with Crippen molar-refractivity contribution in [2.24, 2.45) is 11.7 Å². The summed E-state index contributed by atoms with van der Waals surface area (Å²) < 4.78 is 5.65. The third-order valence-corrected chi connectivity index (χ3v) is 6.40. The lowest BCUT2D eigenvalue weighted by molar-refractivity contribution is -0.385. The van der Waals surface area contributed by atoms with Gasteiger partial charge in [-0.05, 0) is 50.3 Å². The maximum absolute atomic E-state index is 12.2. The Hall–Kier alpha value is -2.19. The van der Waals surface area contributed by atoms with Crippen molar-refractivity contribution in [2.45, 2.75) is 57.0 Å². The van der Waals surface area contributed by atoms with Crippen molar-refractivity contribution in [3.63, 3.8) is 0 Å². The van der Waals surface area contributed by atoms with Gasteiger partial charge in [-0.25, -0.2) is 0 Å². The molecule has 1 amide bonds. The monoisotopic (exact) mass is 423 g/mol. The van der Waals surface area contributed by atoms with Crippen LogP contribution in [-0.4, -0.2) is 47.3 Å². The Morgan fingerprint density at radius 1 is 1.34 bits per heavy atom. The van der Waals surface area contributed by atoms with E-state index in [1.807, 2.05) is 0 Å². The second-order valence-electron chi connectivity index (χ2n) is 7.73. The van der Waals surface area contributed by atoms with Gasteiger partial charge >= 0.3 is 5.69 Å². The average molecular weight is 424 g/mol. The van der Waals surface area contributed by atoms with Crippen LogP contribution < -0.4 is 10.5 Å². The van der Waals surface area contributed by atoms with Crippen LogP contribution in [0, 0.1) is 16.0 Å². The summed E-state index contributed by atoms with van der Waals surface area (Å²) >= 11 is 5.84. The van der Waals surface area contributed by atoms with E-state index in [0.29, 0.717) is 24.7 Å². The van der Waals surface area contributed by atoms with Crippen molar-refractivity contribution in [1.82, 2.24) is 4.90 Å². The fourth-order valence-corrected chi connectivity index (χ4v) is 5.02. The molecule has 2 fully saturated rings. The number of nitro benzene ring substituents is 1. The molecule has 9 heteroatoms. The normalized spacial score (nSPS) is 23.1. The van der Waals surface area contributed by atoms with Gasteiger partial charge in [-0.15, -0.1) is 0 Å². The van der Waals surface area contributed by atoms with Crippen molar-refractivity contribution in [3.05, 3.63) is 32.8 Å². The van der Waals surface area contributed by atoms with Gasteiger partial charge in [0.1, 0.15) is 16.3 Å². The van der Waals surface area contributed by atoms with Crippen LogP contribution in [0.2, 0.25) is 5.02 Å². The standard InChI is InChI=1S/C20H26ClN3O5/c21-15-7-8-18(14(12-25)19(15)24(27)28)29-11-9-17(20(22)26)23-10-3-5-13-4-1-2-6-16(13)23/h7-8,12-13,16-17H,1-6,9-11H2,(H2,22,26). The topological polar surface area (TPSA) is 116 Å². The minimum atomic E-state index is -0.706. The van der Waals surface area contributed by atoms with Crippen LogP contribution in [-0.2, 0) is 4.79 Å². The summed E-state index contributed by atoms with van der Waals surface area (Å²) in [5.74, 6) is 0.298. The van der Waals surface area contributed by atoms with Crippen molar-refractivity contribution >= 4 is 29.5 Å². The number of nitrogens with zero attached hydrogens (tertiary/aromatic N) is 2. The number of benzene rings is 1. The Morgan fingerprint density at radius 3 is 2.76 bits per heavy atom. The number of carbonyl (C=O) groups is 2. The minimum Gasteiger partial charge on any atom is -0.492 e. The van der Waals surface area contributed by atoms with Gasteiger partial charge in [0.25, 0.3) is 0 Å². The zero-order chi connectivity index (χ0) is 21.0. The Morgan fingerprint density at radius 2 is 2.07 bits per heavy atom. The number of piperidine rings is 1. The van der Waals surface area contributed by atoms with Gasteiger partial charge in [0.05, 0.1) is 17.6 Å². The van der Waals surface area contributed by atoms with Crippen LogP contribution in [0.1, 0.15) is 55.3 Å². The first-order chi connectivity index (χ1) is 13.9. The number of halogens is 1. The predicted molar refractivity (Wildman–Crippen MR) is 108 cm³/mol. The minimum absolute atomic E-state index is 0.0773. The molecule has 0 spiro atoms. The van der Waals surface area contributed by atoms with Crippen molar-refractivity contribution in [1.29, 1.82) is 0 Å². The molecule has 29 heavy (non-hydrogen) atoms. The highest BCUT2D eigenvalue weighted by molar-refractivity contribution is 6.33. The number of aldehydes is 1. The number of ether oxygens (including phenoxy) is 1. The van der Waals surface area contributed by atoms with Crippen molar-refractivity contribution in [3.8, 4) is 5.75 Å². The van der Waals surface area contributed by atoms with Crippen molar-refractivity contribution < 1.29 is 19.2 Å². The zero-order valence-corrected chi connectivity index (χ0v) is 17.0. The quantitative estimate of drug-likeness (QED) is 0.389. The second kappa shape index (κ2) is 9.54. The summed E-state index contributed by atoms with van der Waals surface area (Å²) in [4.78, 5) is 36.3. The highest BCUT2D eigenvalue weighted by Gasteiger charge is 2.38. The number of amides is 1. The molecule has 1 aliphatic carbocycles. The van der Waals surface area contributed by atoms with E-state index >= 15 is 0 Å². The number of nitrogens with two attached hydrogens (primary N) is 1. The highest BCUT2D eigenvalue weighted by atomic mass is 35.5. The molecule has 158 valence electrons. The molecule has 0 aromatic heterocycles. The fraction of sp³-hybridized carbons (Fsp3) is 0.600. The van der Waals surface area contributed by atoms with E-state index in [1.54, 1.807) is 0 Å². The van der Waals surface area contributed by atoms with E-state index in [1.165, 1.54) is 31.4 Å². The van der Waals surface area contributed by atoms with Gasteiger partial charge in [0, 0.05) is 12.5 Å². The van der Waals surface area contributed by atoms with E-state index in [4.69, 9.17) is 22.1 Å². The Kier molecular flexibility index (Phi) is 7.08. The van der Waals surface area contributed by atoms with Crippen LogP contribution in [0.3, 0.4) is 0 Å². The van der Waals surface area contributed by atoms with Crippen LogP contribution in [0.15, 0.2) is 12.1 Å². The Balaban J connectivity index is 1.71. The number of carbonyl (C=O) groups excluding carboxylic acids is 2. The van der Waals surface area contributed by atoms with Crippen LogP contribution >= 0.6 is 11.6 Å². The molecule has 8 nitrogen and oxygen atoms in total. The van der Waals surface area contributed by atoms with Gasteiger partial charge in [0.2, 0.25) is 5.91 Å². The molecule has 2 N–H and O–H groups in total. The largest absolute Gasteiger partial charge is 0.492 e. The highest BCUT2D eigenvalue weighted by Crippen LogP contribution is 2.37. The third-order valence-electron chi connectivity index (χ3n) is 6.09. The van der Waals surface area contributed by atoms with E-state index < -0.39 is 22.6 Å². The molecule has 0 radical (unpaired) electrons. The number of hydrogen-bond acceptors (Lipinski definition) is 6. The van der Waals surface area contributed by atoms with Gasteiger partial charge in [-0.2, -0.15) is 0 Å². The molecule has 2 aliphatic rings. The number of likely N-dealkylation sites (tertiary alicyclic amines) is 1. The molecule has 1 aromatic carbocycles. The number of rotatable bonds is 8. The molecule has 0 bridgehead atoms. The summed E-state index contributed by atoms with van der Waals surface area (Å²) in [6.45, 7) is 0.946. The molecule has 1 saturated carbocycles. The zero-order valence-electron chi connectivity index (χ0n) is 16.2. The van der Waals surface area contributed by atoms with Gasteiger partial charge in [0.15, 0.2) is 6.29 Å². The summed E-state index contributed by atoms with van der Waals surface area (Å²) in [6.07, 6.45) is 7.63. The summed E-state index contributed by atoms with van der Waals surface area (Å²) in [5, 5.41) is 11.1. The number of primary amides is 1. The SMILES string of the molecule is NC(=O)C(CCOc1ccc(Cl)c([N+](=O)[O-])c1C=O)N1CCCC2CCCCC21. The second-order valence-corrected chi connectivity index (χ2v) is 8.14. The van der Waals surface area contributed by atoms with Crippen LogP contribution in [0.5, 0.6) is 5.75 Å². The maximum atomic E-state index is 12.2. The molecule has 3 unspecified atom stereocenters. The molecule has 3 rings (SSSR count). The average Bonchev–Trinajstić information content (AvgIpc) is 2.71. The molecule has 1 aromatic rings. The fourth-order valence-electron chi connectivity index (χ4n) is 4.79. The first kappa shape index (κ1) is 21.5. The summed E-state index contributed by atoms with van der Waals surface area (Å²) in [6, 6.07) is 2.67. The molecule has 1 aliphatic heterocycles. The number of fused-ring (bicyclic) bond motifs is 1. The van der Waals surface area contributed by atoms with Gasteiger partial charge in [-0.1, -0.05) is 24.4 Å². The molecular weight excluding hydrogens is 398 g/mol. The molecular formula is C20H26ClN3O5. The van der Waals surface area contributed by atoms with E-state index in [9.17, 15) is 19.7 Å². The Bertz CT molecular complexity index is 786. The molecule has 1 saturated heterocycles. The predicted octanol–water partition coefficient (Wildman–Crippen LogP) is 3.34. The summed E-state index contributed by atoms with van der Waals surface area (Å²) in [7, 11) is 0. The lowest BCUT2D eigenvalue weighted by atomic mass is 9.77. The van der Waals surface area contributed by atoms with Gasteiger partial charge < -0.3 is 10.5 Å². The van der Waals surface area contributed by atoms with Crippen molar-refractivity contribution in [2.75, 3.05) is 13.2 Å². The lowest BCUT2D eigenvalue weighted by Gasteiger charge is -2.46. The van der Waals surface area contributed by atoms with E-state index in [0.717, 1.165) is 25.8 Å². The van der Waals surface area contributed by atoms with Crippen LogP contribution in [0.25, 0.3) is 0 Å². The third kappa shape index (κ3) is 4.70. The number of hydrogen-bond donors (Lipinski definition) is 1.